The van der Waals surface area contributed by atoms with Gasteiger partial charge in [-0.15, -0.1) is 5.10 Å². The van der Waals surface area contributed by atoms with E-state index in [-0.39, 0.29) is 5.92 Å². The lowest BCUT2D eigenvalue weighted by Crippen LogP contribution is -2.18. The average Bonchev–Trinajstić information content (AvgIpc) is 3.12. The van der Waals surface area contributed by atoms with Crippen LogP contribution in [-0.4, -0.2) is 31.3 Å². The molecule has 1 N–H and O–H groups in total. The van der Waals surface area contributed by atoms with E-state index in [1.54, 1.807) is 11.6 Å². The van der Waals surface area contributed by atoms with Crippen molar-refractivity contribution < 1.29 is 9.90 Å². The van der Waals surface area contributed by atoms with Gasteiger partial charge in [-0.1, -0.05) is 13.3 Å². The van der Waals surface area contributed by atoms with Crippen molar-refractivity contribution in [1.29, 1.82) is 0 Å². The summed E-state index contributed by atoms with van der Waals surface area (Å²) in [6, 6.07) is 0. The van der Waals surface area contributed by atoms with Gasteiger partial charge in [0.05, 0.1) is 5.92 Å². The number of carboxylic acids is 1. The number of aliphatic carboxylic acids is 1. The molecule has 2 aliphatic rings. The van der Waals surface area contributed by atoms with Crippen molar-refractivity contribution in [3.63, 3.8) is 0 Å². The first-order chi connectivity index (χ1) is 9.63. The summed E-state index contributed by atoms with van der Waals surface area (Å²) in [4.78, 5) is 10.8. The molecule has 1 heterocycles. The van der Waals surface area contributed by atoms with Crippen molar-refractivity contribution in [1.82, 2.24) is 20.2 Å². The Balaban J connectivity index is 1.58. The second-order valence-corrected chi connectivity index (χ2v) is 6.49. The van der Waals surface area contributed by atoms with Gasteiger partial charge < -0.3 is 5.11 Å². The third-order valence-electron chi connectivity index (χ3n) is 5.13. The second-order valence-electron chi connectivity index (χ2n) is 6.49. The van der Waals surface area contributed by atoms with E-state index in [4.69, 9.17) is 5.11 Å². The van der Waals surface area contributed by atoms with Gasteiger partial charge in [-0.25, -0.2) is 4.68 Å². The number of fused-ring (bicyclic) bond motifs is 2. The van der Waals surface area contributed by atoms with Crippen LogP contribution in [0.25, 0.3) is 0 Å². The van der Waals surface area contributed by atoms with Crippen molar-refractivity contribution in [3.8, 4) is 0 Å². The lowest BCUT2D eigenvalue weighted by atomic mass is 9.86. The molecule has 1 aromatic heterocycles. The molecule has 1 aromatic rings. The van der Waals surface area contributed by atoms with Crippen molar-refractivity contribution in [2.75, 3.05) is 0 Å². The van der Waals surface area contributed by atoms with Crippen LogP contribution in [0.1, 0.15) is 44.9 Å². The third kappa shape index (κ3) is 2.69. The highest BCUT2D eigenvalue weighted by Gasteiger charge is 2.39. The zero-order valence-corrected chi connectivity index (χ0v) is 11.9. The molecule has 2 fully saturated rings. The van der Waals surface area contributed by atoms with Crippen LogP contribution in [0.2, 0.25) is 0 Å². The molecular formula is C14H22N4O2. The molecule has 0 aliphatic heterocycles. The van der Waals surface area contributed by atoms with E-state index in [0.29, 0.717) is 13.0 Å². The van der Waals surface area contributed by atoms with Crippen molar-refractivity contribution >= 4 is 5.97 Å². The van der Waals surface area contributed by atoms with Crippen LogP contribution in [0.4, 0.5) is 0 Å². The summed E-state index contributed by atoms with van der Waals surface area (Å²) >= 11 is 0. The monoisotopic (exact) mass is 278 g/mol. The van der Waals surface area contributed by atoms with Crippen LogP contribution in [0.3, 0.4) is 0 Å². The molecule has 0 aromatic carbocycles. The van der Waals surface area contributed by atoms with Crippen LogP contribution >= 0.6 is 0 Å². The predicted molar refractivity (Wildman–Crippen MR) is 71.9 cm³/mol. The Morgan fingerprint density at radius 1 is 1.45 bits per heavy atom. The maximum absolute atomic E-state index is 10.8. The first-order valence-electron chi connectivity index (χ1n) is 7.61. The Bertz CT molecular complexity index is 487. The van der Waals surface area contributed by atoms with E-state index in [1.807, 2.05) is 0 Å². The highest BCUT2D eigenvalue weighted by molar-refractivity contribution is 5.69. The number of nitrogens with zero attached hydrogens (tertiary/aromatic N) is 4. The summed E-state index contributed by atoms with van der Waals surface area (Å²) in [7, 11) is 0. The molecule has 2 bridgehead atoms. The normalized spacial score (nSPS) is 29.8. The molecule has 0 spiro atoms. The number of aryl methyl sites for hydroxylation is 1. The molecule has 3 rings (SSSR count). The fourth-order valence-corrected chi connectivity index (χ4v) is 3.84. The second kappa shape index (κ2) is 5.50. The Labute approximate surface area is 118 Å². The highest BCUT2D eigenvalue weighted by atomic mass is 16.4. The molecule has 20 heavy (non-hydrogen) atoms. The summed E-state index contributed by atoms with van der Waals surface area (Å²) in [5.41, 5.74) is 0. The van der Waals surface area contributed by atoms with E-state index < -0.39 is 5.97 Å². The van der Waals surface area contributed by atoms with Crippen molar-refractivity contribution in [2.24, 2.45) is 23.7 Å². The van der Waals surface area contributed by atoms with Gasteiger partial charge in [-0.05, 0) is 53.9 Å². The van der Waals surface area contributed by atoms with Crippen molar-refractivity contribution in [3.05, 3.63) is 5.82 Å². The zero-order valence-electron chi connectivity index (χ0n) is 11.9. The van der Waals surface area contributed by atoms with E-state index >= 15 is 0 Å². The van der Waals surface area contributed by atoms with Crippen LogP contribution in [0.15, 0.2) is 0 Å². The number of hydrogen-bond donors (Lipinski definition) is 1. The molecule has 0 radical (unpaired) electrons. The molecule has 4 atom stereocenters. The molecule has 0 amide bonds. The standard InChI is InChI=1S/C14H22N4O2/c1-9(14(19)20)4-5-18-13(15-16-17-18)8-12-7-10-2-3-11(12)6-10/h9-12H,2-8H2,1H3,(H,19,20). The average molecular weight is 278 g/mol. The number of rotatable bonds is 6. The van der Waals surface area contributed by atoms with Crippen LogP contribution < -0.4 is 0 Å². The van der Waals surface area contributed by atoms with Gasteiger partial charge in [0.1, 0.15) is 0 Å². The predicted octanol–water partition coefficient (Wildman–Crippen LogP) is 1.76. The van der Waals surface area contributed by atoms with E-state index in [1.165, 1.54) is 25.7 Å². The molecule has 4 unspecified atom stereocenters. The van der Waals surface area contributed by atoms with Gasteiger partial charge in [-0.3, -0.25) is 4.79 Å². The first kappa shape index (κ1) is 13.5. The smallest absolute Gasteiger partial charge is 0.306 e. The number of hydrogen-bond acceptors (Lipinski definition) is 4. The van der Waals surface area contributed by atoms with Gasteiger partial charge >= 0.3 is 5.97 Å². The summed E-state index contributed by atoms with van der Waals surface area (Å²) in [5.74, 6) is 2.35. The Morgan fingerprint density at radius 3 is 2.95 bits per heavy atom. The maximum Gasteiger partial charge on any atom is 0.306 e. The summed E-state index contributed by atoms with van der Waals surface area (Å²) in [6.07, 6.45) is 7.01. The highest BCUT2D eigenvalue weighted by Crippen LogP contribution is 2.49. The number of tetrazole rings is 1. The Hall–Kier alpha value is -1.46. The number of carboxylic acid groups (broad SMARTS) is 1. The van der Waals surface area contributed by atoms with Crippen LogP contribution in [0, 0.1) is 23.7 Å². The Kier molecular flexibility index (Phi) is 3.72. The van der Waals surface area contributed by atoms with Gasteiger partial charge in [-0.2, -0.15) is 0 Å². The lowest BCUT2D eigenvalue weighted by molar-refractivity contribution is -0.141. The third-order valence-corrected chi connectivity index (χ3v) is 5.13. The summed E-state index contributed by atoms with van der Waals surface area (Å²) in [5, 5.41) is 20.8. The van der Waals surface area contributed by atoms with Crippen molar-refractivity contribution in [2.45, 2.75) is 52.0 Å². The number of carbonyl (C=O) groups is 1. The maximum atomic E-state index is 10.8. The lowest BCUT2D eigenvalue weighted by Gasteiger charge is -2.20. The van der Waals surface area contributed by atoms with Crippen LogP contribution in [-0.2, 0) is 17.8 Å². The molecular weight excluding hydrogens is 256 g/mol. The zero-order chi connectivity index (χ0) is 14.1. The van der Waals surface area contributed by atoms with E-state index in [2.05, 4.69) is 15.5 Å². The van der Waals surface area contributed by atoms with Gasteiger partial charge in [0.2, 0.25) is 0 Å². The van der Waals surface area contributed by atoms with Gasteiger partial charge in [0.15, 0.2) is 5.82 Å². The molecule has 2 aliphatic carbocycles. The van der Waals surface area contributed by atoms with Crippen LogP contribution in [0.5, 0.6) is 0 Å². The molecule has 6 heteroatoms. The quantitative estimate of drug-likeness (QED) is 0.857. The molecule has 0 saturated heterocycles. The SMILES string of the molecule is CC(CCn1nnnc1CC1CC2CCC1C2)C(=O)O. The minimum absolute atomic E-state index is 0.352. The number of aromatic nitrogens is 4. The minimum Gasteiger partial charge on any atom is -0.481 e. The van der Waals surface area contributed by atoms with E-state index in [9.17, 15) is 4.79 Å². The largest absolute Gasteiger partial charge is 0.481 e. The summed E-state index contributed by atoms with van der Waals surface area (Å²) in [6.45, 7) is 2.32. The first-order valence-corrected chi connectivity index (χ1v) is 7.61. The summed E-state index contributed by atoms with van der Waals surface area (Å²) < 4.78 is 1.80. The molecule has 2 saturated carbocycles. The Morgan fingerprint density at radius 2 is 2.30 bits per heavy atom. The fraction of sp³-hybridized carbons (Fsp3) is 0.857. The van der Waals surface area contributed by atoms with Gasteiger partial charge in [0, 0.05) is 13.0 Å². The minimum atomic E-state index is -0.757. The topological polar surface area (TPSA) is 80.9 Å². The van der Waals surface area contributed by atoms with Gasteiger partial charge in [0.25, 0.3) is 0 Å². The molecule has 6 nitrogen and oxygen atoms in total. The fourth-order valence-electron chi connectivity index (χ4n) is 3.84. The molecule has 110 valence electrons. The van der Waals surface area contributed by atoms with E-state index in [0.717, 1.165) is 30.0 Å².